The lowest BCUT2D eigenvalue weighted by molar-refractivity contribution is 0.415. The third kappa shape index (κ3) is 3.03. The van der Waals surface area contributed by atoms with E-state index in [1.165, 1.54) is 4.88 Å². The summed E-state index contributed by atoms with van der Waals surface area (Å²) in [5.74, 6) is 2.36. The SMILES string of the molecule is COc1ccc2nc(CCCl)n(Cc3ccc(Cl)s3)c2c1. The first-order valence-corrected chi connectivity index (χ1v) is 8.27. The van der Waals surface area contributed by atoms with Crippen molar-refractivity contribution in [3.8, 4) is 5.75 Å². The van der Waals surface area contributed by atoms with Crippen molar-refractivity contribution in [2.45, 2.75) is 13.0 Å². The topological polar surface area (TPSA) is 27.1 Å². The zero-order chi connectivity index (χ0) is 14.8. The molecule has 3 nitrogen and oxygen atoms in total. The standard InChI is InChI=1S/C15H14Cl2N2OS/c1-20-10-2-4-12-13(8-10)19(15(18-12)6-7-16)9-11-3-5-14(17)21-11/h2-5,8H,6-7,9H2,1H3. The molecule has 110 valence electrons. The maximum absolute atomic E-state index is 6.02. The summed E-state index contributed by atoms with van der Waals surface area (Å²) >= 11 is 13.5. The summed E-state index contributed by atoms with van der Waals surface area (Å²) in [5, 5.41) is 0. The number of rotatable bonds is 5. The predicted molar refractivity (Wildman–Crippen MR) is 89.1 cm³/mol. The monoisotopic (exact) mass is 340 g/mol. The van der Waals surface area contributed by atoms with Crippen LogP contribution in [-0.4, -0.2) is 22.5 Å². The minimum absolute atomic E-state index is 0.547. The summed E-state index contributed by atoms with van der Waals surface area (Å²) in [5.41, 5.74) is 2.01. The molecule has 0 atom stereocenters. The van der Waals surface area contributed by atoms with Gasteiger partial charge in [-0.2, -0.15) is 0 Å². The van der Waals surface area contributed by atoms with Gasteiger partial charge in [-0.1, -0.05) is 11.6 Å². The van der Waals surface area contributed by atoms with Crippen molar-refractivity contribution in [2.75, 3.05) is 13.0 Å². The van der Waals surface area contributed by atoms with E-state index < -0.39 is 0 Å². The Morgan fingerprint density at radius 1 is 1.29 bits per heavy atom. The molecule has 0 bridgehead atoms. The summed E-state index contributed by atoms with van der Waals surface area (Å²) in [6, 6.07) is 9.87. The Balaban J connectivity index is 2.09. The number of imidazole rings is 1. The van der Waals surface area contributed by atoms with Gasteiger partial charge < -0.3 is 9.30 Å². The lowest BCUT2D eigenvalue weighted by Crippen LogP contribution is -2.05. The normalized spacial score (nSPS) is 11.2. The van der Waals surface area contributed by atoms with Gasteiger partial charge >= 0.3 is 0 Å². The summed E-state index contributed by atoms with van der Waals surface area (Å²) in [7, 11) is 1.67. The van der Waals surface area contributed by atoms with Crippen LogP contribution in [0.3, 0.4) is 0 Å². The minimum Gasteiger partial charge on any atom is -0.497 e. The third-order valence-corrected chi connectivity index (χ3v) is 4.70. The average Bonchev–Trinajstić information content (AvgIpc) is 3.04. The Kier molecular flexibility index (Phi) is 4.38. The number of aryl methyl sites for hydroxylation is 1. The summed E-state index contributed by atoms with van der Waals surface area (Å²) < 4.78 is 8.30. The number of thiophene rings is 1. The van der Waals surface area contributed by atoms with Gasteiger partial charge in [0.1, 0.15) is 11.6 Å². The zero-order valence-corrected chi connectivity index (χ0v) is 13.8. The van der Waals surface area contributed by atoms with Gasteiger partial charge in [0.15, 0.2) is 0 Å². The lowest BCUT2D eigenvalue weighted by Gasteiger charge is -2.07. The van der Waals surface area contributed by atoms with Crippen LogP contribution in [0.25, 0.3) is 11.0 Å². The van der Waals surface area contributed by atoms with Gasteiger partial charge in [0.25, 0.3) is 0 Å². The van der Waals surface area contributed by atoms with Crippen molar-refractivity contribution in [2.24, 2.45) is 0 Å². The molecule has 6 heteroatoms. The van der Waals surface area contributed by atoms with Crippen molar-refractivity contribution in [3.63, 3.8) is 0 Å². The van der Waals surface area contributed by atoms with Crippen molar-refractivity contribution in [1.29, 1.82) is 0 Å². The molecule has 0 saturated carbocycles. The van der Waals surface area contributed by atoms with Crippen LogP contribution in [-0.2, 0) is 13.0 Å². The number of ether oxygens (including phenoxy) is 1. The Bertz CT molecular complexity index is 766. The fraction of sp³-hybridized carbons (Fsp3) is 0.267. The van der Waals surface area contributed by atoms with E-state index in [1.807, 2.05) is 30.3 Å². The molecule has 21 heavy (non-hydrogen) atoms. The van der Waals surface area contributed by atoms with Crippen LogP contribution in [0.4, 0.5) is 0 Å². The van der Waals surface area contributed by atoms with Gasteiger partial charge in [0.05, 0.1) is 29.0 Å². The minimum atomic E-state index is 0.547. The smallest absolute Gasteiger partial charge is 0.121 e. The molecular formula is C15H14Cl2N2OS. The van der Waals surface area contributed by atoms with E-state index >= 15 is 0 Å². The first kappa shape index (κ1) is 14.7. The number of hydrogen-bond donors (Lipinski definition) is 0. The van der Waals surface area contributed by atoms with E-state index in [0.717, 1.165) is 39.9 Å². The molecule has 0 N–H and O–H groups in total. The summed E-state index contributed by atoms with van der Waals surface area (Å²) in [6.07, 6.45) is 0.734. The molecule has 0 fully saturated rings. The number of alkyl halides is 1. The van der Waals surface area contributed by atoms with Gasteiger partial charge in [-0.05, 0) is 24.3 Å². The Hall–Kier alpha value is -1.23. The van der Waals surface area contributed by atoms with Crippen LogP contribution >= 0.6 is 34.5 Å². The maximum atomic E-state index is 6.02. The van der Waals surface area contributed by atoms with Crippen molar-refractivity contribution in [1.82, 2.24) is 9.55 Å². The van der Waals surface area contributed by atoms with E-state index in [-0.39, 0.29) is 0 Å². The molecule has 3 rings (SSSR count). The molecule has 2 aromatic heterocycles. The number of aromatic nitrogens is 2. The van der Waals surface area contributed by atoms with E-state index in [0.29, 0.717) is 5.88 Å². The fourth-order valence-electron chi connectivity index (χ4n) is 2.32. The molecule has 0 aliphatic heterocycles. The first-order valence-electron chi connectivity index (χ1n) is 6.54. The number of hydrogen-bond acceptors (Lipinski definition) is 3. The van der Waals surface area contributed by atoms with Crippen LogP contribution < -0.4 is 4.74 Å². The molecule has 0 saturated heterocycles. The quantitative estimate of drug-likeness (QED) is 0.635. The number of halogens is 2. The number of nitrogens with zero attached hydrogens (tertiary/aromatic N) is 2. The van der Waals surface area contributed by atoms with E-state index in [4.69, 9.17) is 27.9 Å². The second-order valence-corrected chi connectivity index (χ2v) is 6.79. The zero-order valence-electron chi connectivity index (χ0n) is 11.5. The van der Waals surface area contributed by atoms with Gasteiger partial charge in [0, 0.05) is 23.2 Å². The van der Waals surface area contributed by atoms with Crippen LogP contribution in [0.5, 0.6) is 5.75 Å². The van der Waals surface area contributed by atoms with Crippen LogP contribution in [0, 0.1) is 0 Å². The van der Waals surface area contributed by atoms with Crippen molar-refractivity contribution < 1.29 is 4.74 Å². The van der Waals surface area contributed by atoms with Crippen LogP contribution in [0.1, 0.15) is 10.7 Å². The molecule has 2 heterocycles. The number of benzene rings is 1. The molecule has 3 aromatic rings. The molecule has 0 amide bonds. The molecule has 0 aliphatic carbocycles. The van der Waals surface area contributed by atoms with E-state index in [1.54, 1.807) is 18.4 Å². The second kappa shape index (κ2) is 6.26. The maximum Gasteiger partial charge on any atom is 0.121 e. The number of fused-ring (bicyclic) bond motifs is 1. The average molecular weight is 341 g/mol. The second-order valence-electron chi connectivity index (χ2n) is 4.61. The van der Waals surface area contributed by atoms with Gasteiger partial charge in [0.2, 0.25) is 0 Å². The van der Waals surface area contributed by atoms with Gasteiger partial charge in [-0.15, -0.1) is 22.9 Å². The highest BCUT2D eigenvalue weighted by molar-refractivity contribution is 7.16. The predicted octanol–water partition coefficient (Wildman–Crippen LogP) is 4.59. The van der Waals surface area contributed by atoms with Gasteiger partial charge in [-0.25, -0.2) is 4.98 Å². The highest BCUT2D eigenvalue weighted by Crippen LogP contribution is 2.27. The molecular weight excluding hydrogens is 327 g/mol. The largest absolute Gasteiger partial charge is 0.497 e. The van der Waals surface area contributed by atoms with E-state index in [9.17, 15) is 0 Å². The lowest BCUT2D eigenvalue weighted by atomic mass is 10.3. The van der Waals surface area contributed by atoms with Crippen molar-refractivity contribution in [3.05, 3.63) is 45.4 Å². The third-order valence-electron chi connectivity index (χ3n) is 3.30. The number of methoxy groups -OCH3 is 1. The Morgan fingerprint density at radius 3 is 2.81 bits per heavy atom. The highest BCUT2D eigenvalue weighted by atomic mass is 35.5. The summed E-state index contributed by atoms with van der Waals surface area (Å²) in [6.45, 7) is 0.743. The Labute approximate surface area is 137 Å². The molecule has 0 radical (unpaired) electrons. The molecule has 0 spiro atoms. The first-order chi connectivity index (χ1) is 10.2. The molecule has 0 aliphatic rings. The molecule has 1 aromatic carbocycles. The van der Waals surface area contributed by atoms with Crippen LogP contribution in [0.15, 0.2) is 30.3 Å². The highest BCUT2D eigenvalue weighted by Gasteiger charge is 2.12. The fourth-order valence-corrected chi connectivity index (χ4v) is 3.57. The summed E-state index contributed by atoms with van der Waals surface area (Å²) in [4.78, 5) is 5.87. The van der Waals surface area contributed by atoms with E-state index in [2.05, 4.69) is 9.55 Å². The van der Waals surface area contributed by atoms with Gasteiger partial charge in [-0.3, -0.25) is 0 Å². The molecule has 0 unspecified atom stereocenters. The Morgan fingerprint density at radius 2 is 2.14 bits per heavy atom. The van der Waals surface area contributed by atoms with Crippen molar-refractivity contribution >= 4 is 45.6 Å². The van der Waals surface area contributed by atoms with Crippen LogP contribution in [0.2, 0.25) is 4.34 Å².